The van der Waals surface area contributed by atoms with E-state index in [4.69, 9.17) is 16.0 Å². The van der Waals surface area contributed by atoms with Crippen LogP contribution in [0.3, 0.4) is 0 Å². The molecule has 0 saturated carbocycles. The van der Waals surface area contributed by atoms with Crippen molar-refractivity contribution in [2.75, 3.05) is 12.4 Å². The summed E-state index contributed by atoms with van der Waals surface area (Å²) in [4.78, 5) is 14.2. The Hall–Kier alpha value is -0.960. The summed E-state index contributed by atoms with van der Waals surface area (Å²) in [5.41, 5.74) is 0. The minimum Gasteiger partial charge on any atom is -0.469 e. The molecule has 100 valence electrons. The monoisotopic (exact) mass is 269 g/mol. The molecule has 1 unspecified atom stereocenters. The molecule has 0 aromatic carbocycles. The predicted octanol–water partition coefficient (Wildman–Crippen LogP) is 3.22. The minimum absolute atomic E-state index is 0.207. The van der Waals surface area contributed by atoms with Crippen molar-refractivity contribution >= 4 is 17.5 Å². The van der Waals surface area contributed by atoms with Crippen LogP contribution in [-0.4, -0.2) is 29.3 Å². The van der Waals surface area contributed by atoms with Gasteiger partial charge in [0, 0.05) is 31.3 Å². The standard InChI is InChI=1S/C14H20ClNO2/c15-11-12-5-2-1-3-9-16(12)14(17)8-7-13-6-4-10-18-13/h4,6,10,12H,1-3,5,7-9,11H2. The van der Waals surface area contributed by atoms with Crippen LogP contribution >= 0.6 is 11.6 Å². The first-order valence-electron chi connectivity index (χ1n) is 6.69. The van der Waals surface area contributed by atoms with Crippen LogP contribution in [-0.2, 0) is 11.2 Å². The normalized spacial score (nSPS) is 20.7. The van der Waals surface area contributed by atoms with Crippen molar-refractivity contribution in [3.05, 3.63) is 24.2 Å². The summed E-state index contributed by atoms with van der Waals surface area (Å²) in [7, 11) is 0. The maximum Gasteiger partial charge on any atom is 0.223 e. The van der Waals surface area contributed by atoms with Crippen LogP contribution in [0.4, 0.5) is 0 Å². The van der Waals surface area contributed by atoms with Gasteiger partial charge in [-0.25, -0.2) is 0 Å². The molecule has 4 heteroatoms. The molecule has 1 aliphatic heterocycles. The van der Waals surface area contributed by atoms with Gasteiger partial charge in [0.2, 0.25) is 5.91 Å². The SMILES string of the molecule is O=C(CCc1ccco1)N1CCCCCC1CCl. The van der Waals surface area contributed by atoms with Gasteiger partial charge in [0.25, 0.3) is 0 Å². The number of hydrogen-bond acceptors (Lipinski definition) is 2. The number of carbonyl (C=O) groups is 1. The Bertz CT molecular complexity index is 364. The van der Waals surface area contributed by atoms with Crippen molar-refractivity contribution in [3.63, 3.8) is 0 Å². The highest BCUT2D eigenvalue weighted by Gasteiger charge is 2.24. The number of aryl methyl sites for hydroxylation is 1. The molecule has 0 N–H and O–H groups in total. The first-order valence-corrected chi connectivity index (χ1v) is 7.22. The lowest BCUT2D eigenvalue weighted by molar-refractivity contribution is -0.133. The summed E-state index contributed by atoms with van der Waals surface area (Å²) in [6, 6.07) is 3.99. The predicted molar refractivity (Wildman–Crippen MR) is 71.7 cm³/mol. The number of carbonyl (C=O) groups excluding carboxylic acids is 1. The fraction of sp³-hybridized carbons (Fsp3) is 0.643. The fourth-order valence-corrected chi connectivity index (χ4v) is 2.82. The molecule has 2 heterocycles. The Morgan fingerprint density at radius 2 is 2.33 bits per heavy atom. The van der Waals surface area contributed by atoms with Crippen LogP contribution in [0.15, 0.2) is 22.8 Å². The number of amides is 1. The highest BCUT2D eigenvalue weighted by Crippen LogP contribution is 2.19. The van der Waals surface area contributed by atoms with Crippen LogP contribution in [0.2, 0.25) is 0 Å². The molecule has 0 bridgehead atoms. The van der Waals surface area contributed by atoms with Gasteiger partial charge in [-0.15, -0.1) is 11.6 Å². The minimum atomic E-state index is 0.207. The molecule has 1 atom stereocenters. The topological polar surface area (TPSA) is 33.5 Å². The second-order valence-corrected chi connectivity index (χ2v) is 5.13. The largest absolute Gasteiger partial charge is 0.469 e. The van der Waals surface area contributed by atoms with E-state index in [1.54, 1.807) is 6.26 Å². The van der Waals surface area contributed by atoms with E-state index < -0.39 is 0 Å². The van der Waals surface area contributed by atoms with Crippen molar-refractivity contribution in [3.8, 4) is 0 Å². The van der Waals surface area contributed by atoms with Gasteiger partial charge in [0.05, 0.1) is 6.26 Å². The highest BCUT2D eigenvalue weighted by atomic mass is 35.5. The summed E-state index contributed by atoms with van der Waals surface area (Å²) in [6.45, 7) is 0.856. The summed E-state index contributed by atoms with van der Waals surface area (Å²) in [6.07, 6.45) is 7.36. The molecule has 1 amide bonds. The number of nitrogens with zero attached hydrogens (tertiary/aromatic N) is 1. The third-order valence-corrected chi connectivity index (χ3v) is 3.90. The lowest BCUT2D eigenvalue weighted by atomic mass is 10.1. The van der Waals surface area contributed by atoms with E-state index in [0.717, 1.165) is 25.1 Å². The molecule has 1 aromatic rings. The second kappa shape index (κ2) is 6.83. The molecule has 0 spiro atoms. The lowest BCUT2D eigenvalue weighted by Gasteiger charge is -2.28. The van der Waals surface area contributed by atoms with E-state index in [0.29, 0.717) is 18.7 Å². The molecule has 2 rings (SSSR count). The van der Waals surface area contributed by atoms with E-state index >= 15 is 0 Å². The third kappa shape index (κ3) is 3.52. The van der Waals surface area contributed by atoms with Gasteiger partial charge in [-0.1, -0.05) is 12.8 Å². The number of furan rings is 1. The van der Waals surface area contributed by atoms with E-state index in [1.165, 1.54) is 12.8 Å². The Kier molecular flexibility index (Phi) is 5.12. The van der Waals surface area contributed by atoms with Crippen molar-refractivity contribution in [2.45, 2.75) is 44.6 Å². The number of halogens is 1. The van der Waals surface area contributed by atoms with Crippen LogP contribution in [0.25, 0.3) is 0 Å². The Morgan fingerprint density at radius 3 is 3.06 bits per heavy atom. The van der Waals surface area contributed by atoms with E-state index in [-0.39, 0.29) is 11.9 Å². The quantitative estimate of drug-likeness (QED) is 0.787. The van der Waals surface area contributed by atoms with Crippen LogP contribution < -0.4 is 0 Å². The van der Waals surface area contributed by atoms with Crippen molar-refractivity contribution < 1.29 is 9.21 Å². The zero-order valence-corrected chi connectivity index (χ0v) is 11.4. The van der Waals surface area contributed by atoms with E-state index in [1.807, 2.05) is 17.0 Å². The molecular weight excluding hydrogens is 250 g/mol. The Labute approximate surface area is 113 Å². The second-order valence-electron chi connectivity index (χ2n) is 4.82. The molecule has 1 saturated heterocycles. The Morgan fingerprint density at radius 1 is 1.44 bits per heavy atom. The first kappa shape index (κ1) is 13.5. The van der Waals surface area contributed by atoms with Gasteiger partial charge < -0.3 is 9.32 Å². The van der Waals surface area contributed by atoms with E-state index in [2.05, 4.69) is 0 Å². The maximum absolute atomic E-state index is 12.2. The zero-order valence-electron chi connectivity index (χ0n) is 10.6. The molecule has 0 aliphatic carbocycles. The maximum atomic E-state index is 12.2. The number of alkyl halides is 1. The molecule has 3 nitrogen and oxygen atoms in total. The lowest BCUT2D eigenvalue weighted by Crippen LogP contribution is -2.41. The van der Waals surface area contributed by atoms with Crippen molar-refractivity contribution in [2.24, 2.45) is 0 Å². The van der Waals surface area contributed by atoms with Crippen LogP contribution in [0.1, 0.15) is 37.9 Å². The van der Waals surface area contributed by atoms with Gasteiger partial charge in [0.1, 0.15) is 5.76 Å². The molecule has 18 heavy (non-hydrogen) atoms. The highest BCUT2D eigenvalue weighted by molar-refractivity contribution is 6.18. The Balaban J connectivity index is 1.89. The molecule has 0 radical (unpaired) electrons. The average Bonchev–Trinajstić information content (AvgIpc) is 2.79. The third-order valence-electron chi connectivity index (χ3n) is 3.54. The van der Waals surface area contributed by atoms with Crippen LogP contribution in [0.5, 0.6) is 0 Å². The van der Waals surface area contributed by atoms with Crippen LogP contribution in [0, 0.1) is 0 Å². The zero-order chi connectivity index (χ0) is 12.8. The smallest absolute Gasteiger partial charge is 0.223 e. The van der Waals surface area contributed by atoms with Gasteiger partial charge in [0.15, 0.2) is 0 Å². The number of rotatable bonds is 4. The van der Waals surface area contributed by atoms with Gasteiger partial charge in [-0.3, -0.25) is 4.79 Å². The summed E-state index contributed by atoms with van der Waals surface area (Å²) < 4.78 is 5.25. The summed E-state index contributed by atoms with van der Waals surface area (Å²) in [5, 5.41) is 0. The summed E-state index contributed by atoms with van der Waals surface area (Å²) in [5.74, 6) is 1.63. The average molecular weight is 270 g/mol. The number of likely N-dealkylation sites (tertiary alicyclic amines) is 1. The summed E-state index contributed by atoms with van der Waals surface area (Å²) >= 11 is 5.98. The molecular formula is C14H20ClNO2. The molecule has 1 fully saturated rings. The van der Waals surface area contributed by atoms with E-state index in [9.17, 15) is 4.79 Å². The molecule has 1 aliphatic rings. The van der Waals surface area contributed by atoms with Gasteiger partial charge in [-0.2, -0.15) is 0 Å². The van der Waals surface area contributed by atoms with Gasteiger partial charge in [-0.05, 0) is 25.0 Å². The fourth-order valence-electron chi connectivity index (χ4n) is 2.49. The first-order chi connectivity index (χ1) is 8.81. The number of hydrogen-bond donors (Lipinski definition) is 0. The molecule has 1 aromatic heterocycles. The van der Waals surface area contributed by atoms with Gasteiger partial charge >= 0.3 is 0 Å². The van der Waals surface area contributed by atoms with Crippen molar-refractivity contribution in [1.29, 1.82) is 0 Å². The van der Waals surface area contributed by atoms with Crippen molar-refractivity contribution in [1.82, 2.24) is 4.90 Å².